The Morgan fingerprint density at radius 3 is 2.12 bits per heavy atom. The molecule has 1 N–H and O–H groups in total. The van der Waals surface area contributed by atoms with Crippen LogP contribution in [0.1, 0.15) is 64.7 Å². The van der Waals surface area contributed by atoms with Gasteiger partial charge in [0, 0.05) is 0 Å². The lowest BCUT2D eigenvalue weighted by Gasteiger charge is -2.43. The Bertz CT molecular complexity index is 245. The van der Waals surface area contributed by atoms with E-state index in [0.29, 0.717) is 5.92 Å². The van der Waals surface area contributed by atoms with Crippen LogP contribution in [0.2, 0.25) is 0 Å². The number of carboxylic acid groups (broad SMARTS) is 1. The normalized spacial score (nSPS) is 34.6. The molecule has 2 aliphatic rings. The van der Waals surface area contributed by atoms with Gasteiger partial charge in [0.05, 0.1) is 5.41 Å². The fourth-order valence-electron chi connectivity index (χ4n) is 3.79. The van der Waals surface area contributed by atoms with Crippen LogP contribution in [0.25, 0.3) is 0 Å². The first-order valence-corrected chi connectivity index (χ1v) is 6.88. The molecule has 0 heterocycles. The van der Waals surface area contributed by atoms with Gasteiger partial charge in [0.25, 0.3) is 0 Å². The second-order valence-electron chi connectivity index (χ2n) is 5.98. The minimum absolute atomic E-state index is 0.349. The maximum Gasteiger partial charge on any atom is 0.309 e. The minimum atomic E-state index is -0.508. The fourth-order valence-corrected chi connectivity index (χ4v) is 3.79. The van der Waals surface area contributed by atoms with Crippen molar-refractivity contribution >= 4 is 5.97 Å². The SMILES string of the molecule is CC1CCC(C2(C(=O)O)CCCCC2)CC1. The zero-order valence-corrected chi connectivity index (χ0v) is 10.4. The standard InChI is InChI=1S/C14H24O2/c1-11-5-7-12(8-6-11)14(13(15)16)9-3-2-4-10-14/h11-12H,2-10H2,1H3,(H,15,16). The van der Waals surface area contributed by atoms with Gasteiger partial charge in [-0.25, -0.2) is 0 Å². The quantitative estimate of drug-likeness (QED) is 0.773. The molecule has 2 aliphatic carbocycles. The van der Waals surface area contributed by atoms with Crippen LogP contribution in [0.4, 0.5) is 0 Å². The first-order chi connectivity index (χ1) is 7.65. The van der Waals surface area contributed by atoms with E-state index in [1.165, 1.54) is 19.3 Å². The molecule has 0 bridgehead atoms. The molecule has 0 aromatic rings. The maximum atomic E-state index is 11.7. The van der Waals surface area contributed by atoms with E-state index in [1.807, 2.05) is 0 Å². The Hall–Kier alpha value is -0.530. The Kier molecular flexibility index (Phi) is 3.56. The molecule has 0 atom stereocenters. The maximum absolute atomic E-state index is 11.7. The summed E-state index contributed by atoms with van der Waals surface area (Å²) in [5, 5.41) is 9.61. The fraction of sp³-hybridized carbons (Fsp3) is 0.929. The molecule has 2 saturated carbocycles. The molecule has 0 saturated heterocycles. The Labute approximate surface area is 98.4 Å². The molecule has 0 aliphatic heterocycles. The molecular formula is C14H24O2. The highest BCUT2D eigenvalue weighted by atomic mass is 16.4. The molecule has 0 aromatic heterocycles. The Balaban J connectivity index is 2.09. The molecule has 2 heteroatoms. The number of aliphatic carboxylic acids is 1. The molecule has 0 radical (unpaired) electrons. The van der Waals surface area contributed by atoms with Crippen molar-refractivity contribution < 1.29 is 9.90 Å². The third kappa shape index (κ3) is 2.11. The van der Waals surface area contributed by atoms with Crippen molar-refractivity contribution in [1.82, 2.24) is 0 Å². The van der Waals surface area contributed by atoms with Crippen LogP contribution < -0.4 is 0 Å². The molecule has 92 valence electrons. The lowest BCUT2D eigenvalue weighted by Crippen LogP contribution is -2.42. The third-order valence-electron chi connectivity index (χ3n) is 4.97. The number of hydrogen-bond acceptors (Lipinski definition) is 1. The summed E-state index contributed by atoms with van der Waals surface area (Å²) in [6.45, 7) is 2.30. The van der Waals surface area contributed by atoms with E-state index in [1.54, 1.807) is 0 Å². The summed E-state index contributed by atoms with van der Waals surface area (Å²) >= 11 is 0. The van der Waals surface area contributed by atoms with E-state index in [4.69, 9.17) is 0 Å². The highest BCUT2D eigenvalue weighted by Gasteiger charge is 2.46. The summed E-state index contributed by atoms with van der Waals surface area (Å²) in [4.78, 5) is 11.7. The van der Waals surface area contributed by atoms with Crippen molar-refractivity contribution in [1.29, 1.82) is 0 Å². The summed E-state index contributed by atoms with van der Waals surface area (Å²) in [6, 6.07) is 0. The second-order valence-corrected chi connectivity index (χ2v) is 5.98. The van der Waals surface area contributed by atoms with Crippen molar-refractivity contribution in [3.63, 3.8) is 0 Å². The number of hydrogen-bond donors (Lipinski definition) is 1. The molecule has 16 heavy (non-hydrogen) atoms. The molecule has 0 aromatic carbocycles. The summed E-state index contributed by atoms with van der Waals surface area (Å²) in [5.74, 6) is 0.763. The first-order valence-electron chi connectivity index (χ1n) is 6.88. The Morgan fingerprint density at radius 1 is 1.06 bits per heavy atom. The minimum Gasteiger partial charge on any atom is -0.481 e. The average Bonchev–Trinajstić information content (AvgIpc) is 2.30. The predicted octanol–water partition coefficient (Wildman–Crippen LogP) is 3.85. The highest BCUT2D eigenvalue weighted by Crippen LogP contribution is 2.49. The summed E-state index contributed by atoms with van der Waals surface area (Å²) in [7, 11) is 0. The summed E-state index contributed by atoms with van der Waals surface area (Å²) in [6.07, 6.45) is 10.1. The van der Waals surface area contributed by atoms with Crippen molar-refractivity contribution in [2.45, 2.75) is 64.7 Å². The van der Waals surface area contributed by atoms with Gasteiger partial charge in [-0.15, -0.1) is 0 Å². The zero-order chi connectivity index (χ0) is 11.6. The van der Waals surface area contributed by atoms with Gasteiger partial charge >= 0.3 is 5.97 Å². The number of carboxylic acids is 1. The van der Waals surface area contributed by atoms with Crippen LogP contribution in [-0.2, 0) is 4.79 Å². The molecule has 0 spiro atoms. The predicted molar refractivity (Wildman–Crippen MR) is 64.3 cm³/mol. The zero-order valence-electron chi connectivity index (χ0n) is 10.4. The number of rotatable bonds is 2. The topological polar surface area (TPSA) is 37.3 Å². The van der Waals surface area contributed by atoms with Crippen molar-refractivity contribution in [2.24, 2.45) is 17.3 Å². The van der Waals surface area contributed by atoms with Crippen molar-refractivity contribution in [3.8, 4) is 0 Å². The van der Waals surface area contributed by atoms with Gasteiger partial charge in [-0.3, -0.25) is 4.79 Å². The first kappa shape index (κ1) is 11.9. The van der Waals surface area contributed by atoms with Crippen LogP contribution >= 0.6 is 0 Å². The summed E-state index contributed by atoms with van der Waals surface area (Å²) in [5.41, 5.74) is -0.349. The monoisotopic (exact) mass is 224 g/mol. The average molecular weight is 224 g/mol. The second kappa shape index (κ2) is 4.77. The molecule has 2 fully saturated rings. The van der Waals surface area contributed by atoms with Gasteiger partial charge in [0.2, 0.25) is 0 Å². The lowest BCUT2D eigenvalue weighted by atomic mass is 9.61. The molecule has 0 amide bonds. The van der Waals surface area contributed by atoms with Crippen LogP contribution in [0, 0.1) is 17.3 Å². The molecule has 2 nitrogen and oxygen atoms in total. The van der Waals surface area contributed by atoms with Gasteiger partial charge in [0.15, 0.2) is 0 Å². The van der Waals surface area contributed by atoms with Crippen LogP contribution in [0.5, 0.6) is 0 Å². The van der Waals surface area contributed by atoms with Crippen LogP contribution in [-0.4, -0.2) is 11.1 Å². The van der Waals surface area contributed by atoms with Gasteiger partial charge in [-0.1, -0.05) is 39.0 Å². The van der Waals surface area contributed by atoms with Crippen LogP contribution in [0.3, 0.4) is 0 Å². The van der Waals surface area contributed by atoms with E-state index < -0.39 is 5.97 Å². The molecule has 2 rings (SSSR count). The van der Waals surface area contributed by atoms with E-state index in [-0.39, 0.29) is 5.41 Å². The Morgan fingerprint density at radius 2 is 1.62 bits per heavy atom. The van der Waals surface area contributed by atoms with E-state index in [2.05, 4.69) is 6.92 Å². The van der Waals surface area contributed by atoms with Crippen LogP contribution in [0.15, 0.2) is 0 Å². The largest absolute Gasteiger partial charge is 0.481 e. The van der Waals surface area contributed by atoms with Gasteiger partial charge in [-0.05, 0) is 37.5 Å². The smallest absolute Gasteiger partial charge is 0.309 e. The molecule has 0 unspecified atom stereocenters. The lowest BCUT2D eigenvalue weighted by molar-refractivity contribution is -0.156. The highest BCUT2D eigenvalue weighted by molar-refractivity contribution is 5.75. The van der Waals surface area contributed by atoms with E-state index in [0.717, 1.165) is 44.4 Å². The van der Waals surface area contributed by atoms with Gasteiger partial charge < -0.3 is 5.11 Å². The van der Waals surface area contributed by atoms with Crippen molar-refractivity contribution in [2.75, 3.05) is 0 Å². The van der Waals surface area contributed by atoms with Gasteiger partial charge in [-0.2, -0.15) is 0 Å². The molecular weight excluding hydrogens is 200 g/mol. The number of carbonyl (C=O) groups is 1. The van der Waals surface area contributed by atoms with E-state index >= 15 is 0 Å². The summed E-state index contributed by atoms with van der Waals surface area (Å²) < 4.78 is 0. The van der Waals surface area contributed by atoms with Crippen molar-refractivity contribution in [3.05, 3.63) is 0 Å². The third-order valence-corrected chi connectivity index (χ3v) is 4.97. The van der Waals surface area contributed by atoms with Gasteiger partial charge in [0.1, 0.15) is 0 Å². The van der Waals surface area contributed by atoms with E-state index in [9.17, 15) is 9.90 Å².